The molecule has 16 heavy (non-hydrogen) atoms. The Morgan fingerprint density at radius 3 is 2.69 bits per heavy atom. The van der Waals surface area contributed by atoms with Crippen LogP contribution < -0.4 is 0 Å². The highest BCUT2D eigenvalue weighted by Crippen LogP contribution is 2.09. The number of carbonyl (C=O) groups excluding carboxylic acids is 3. The quantitative estimate of drug-likeness (QED) is 0.593. The highest BCUT2D eigenvalue weighted by molar-refractivity contribution is 5.87. The minimum absolute atomic E-state index is 0.000168. The van der Waals surface area contributed by atoms with E-state index in [9.17, 15) is 14.4 Å². The summed E-state index contributed by atoms with van der Waals surface area (Å²) in [6.07, 6.45) is 1.31. The van der Waals surface area contributed by atoms with Crippen LogP contribution in [0.15, 0.2) is 0 Å². The number of likely N-dealkylation sites (tertiary alicyclic amines) is 1. The lowest BCUT2D eigenvalue weighted by atomic mass is 10.4. The summed E-state index contributed by atoms with van der Waals surface area (Å²) in [5.74, 6) is -0.718. The van der Waals surface area contributed by atoms with Gasteiger partial charge >= 0.3 is 5.97 Å². The summed E-state index contributed by atoms with van der Waals surface area (Å²) in [7, 11) is 2.78. The predicted molar refractivity (Wildman–Crippen MR) is 55.5 cm³/mol. The minimum atomic E-state index is -0.469. The number of likely N-dealkylation sites (N-methyl/N-ethyl adjacent to an activating group) is 1. The van der Waals surface area contributed by atoms with Crippen LogP contribution >= 0.6 is 0 Å². The summed E-state index contributed by atoms with van der Waals surface area (Å²) >= 11 is 0. The van der Waals surface area contributed by atoms with Crippen molar-refractivity contribution in [3.8, 4) is 0 Å². The van der Waals surface area contributed by atoms with E-state index in [0.717, 1.165) is 6.42 Å². The van der Waals surface area contributed by atoms with Crippen molar-refractivity contribution in [2.24, 2.45) is 0 Å². The fourth-order valence-electron chi connectivity index (χ4n) is 1.50. The van der Waals surface area contributed by atoms with Gasteiger partial charge in [0.05, 0.1) is 13.7 Å². The molecule has 2 amide bonds. The first kappa shape index (κ1) is 12.5. The van der Waals surface area contributed by atoms with Gasteiger partial charge in [-0.2, -0.15) is 0 Å². The number of hydrogen-bond acceptors (Lipinski definition) is 4. The van der Waals surface area contributed by atoms with E-state index < -0.39 is 5.97 Å². The molecule has 1 heterocycles. The molecule has 0 saturated carbocycles. The Balaban J connectivity index is 2.39. The summed E-state index contributed by atoms with van der Waals surface area (Å²) in [6.45, 7) is 0.584. The molecule has 0 aromatic heterocycles. The highest BCUT2D eigenvalue weighted by Gasteiger charge is 2.24. The van der Waals surface area contributed by atoms with Gasteiger partial charge in [-0.15, -0.1) is 0 Å². The van der Waals surface area contributed by atoms with Gasteiger partial charge in [-0.05, 0) is 6.42 Å². The van der Waals surface area contributed by atoms with Crippen molar-refractivity contribution >= 4 is 17.8 Å². The second-order valence-electron chi connectivity index (χ2n) is 3.74. The lowest BCUT2D eigenvalue weighted by molar-refractivity contribution is -0.147. The molecule has 6 heteroatoms. The van der Waals surface area contributed by atoms with Crippen molar-refractivity contribution in [2.75, 3.05) is 33.8 Å². The maximum Gasteiger partial charge on any atom is 0.325 e. The lowest BCUT2D eigenvalue weighted by Crippen LogP contribution is -2.41. The van der Waals surface area contributed by atoms with Gasteiger partial charge in [-0.1, -0.05) is 0 Å². The molecule has 1 fully saturated rings. The van der Waals surface area contributed by atoms with Crippen molar-refractivity contribution in [3.63, 3.8) is 0 Å². The zero-order chi connectivity index (χ0) is 12.1. The molecule has 1 rings (SSSR count). The van der Waals surface area contributed by atoms with E-state index in [1.807, 2.05) is 0 Å². The van der Waals surface area contributed by atoms with Crippen LogP contribution in [0.5, 0.6) is 0 Å². The smallest absolute Gasteiger partial charge is 0.325 e. The lowest BCUT2D eigenvalue weighted by Gasteiger charge is -2.20. The van der Waals surface area contributed by atoms with Crippen LogP contribution in [-0.2, 0) is 19.1 Å². The summed E-state index contributed by atoms with van der Waals surface area (Å²) in [6, 6.07) is 0. The van der Waals surface area contributed by atoms with E-state index in [0.29, 0.717) is 13.0 Å². The van der Waals surface area contributed by atoms with Crippen LogP contribution in [0.2, 0.25) is 0 Å². The van der Waals surface area contributed by atoms with Crippen molar-refractivity contribution in [2.45, 2.75) is 12.8 Å². The SMILES string of the molecule is COC(=O)CN(C)C(=O)CN1CCCC1=O. The van der Waals surface area contributed by atoms with Crippen LogP contribution in [0.25, 0.3) is 0 Å². The third-order valence-electron chi connectivity index (χ3n) is 2.52. The number of nitrogens with zero attached hydrogens (tertiary/aromatic N) is 2. The van der Waals surface area contributed by atoms with Crippen LogP contribution in [0.4, 0.5) is 0 Å². The topological polar surface area (TPSA) is 66.9 Å². The zero-order valence-corrected chi connectivity index (χ0v) is 9.56. The average molecular weight is 228 g/mol. The third-order valence-corrected chi connectivity index (χ3v) is 2.52. The molecule has 0 bridgehead atoms. The van der Waals surface area contributed by atoms with E-state index in [4.69, 9.17) is 0 Å². The molecule has 0 aliphatic carbocycles. The first-order valence-electron chi connectivity index (χ1n) is 5.13. The second kappa shape index (κ2) is 5.48. The Hall–Kier alpha value is -1.59. The molecule has 0 aromatic rings. The van der Waals surface area contributed by atoms with Crippen LogP contribution in [0, 0.1) is 0 Å². The van der Waals surface area contributed by atoms with Crippen LogP contribution in [-0.4, -0.2) is 61.4 Å². The molecule has 0 atom stereocenters. The number of ether oxygens (including phenoxy) is 1. The zero-order valence-electron chi connectivity index (χ0n) is 9.56. The first-order valence-corrected chi connectivity index (χ1v) is 5.13. The van der Waals surface area contributed by atoms with Gasteiger partial charge in [-0.3, -0.25) is 14.4 Å². The Kier molecular flexibility index (Phi) is 4.28. The molecular formula is C10H16N2O4. The molecule has 0 unspecified atom stereocenters. The molecular weight excluding hydrogens is 212 g/mol. The summed E-state index contributed by atoms with van der Waals surface area (Å²) in [5, 5.41) is 0. The van der Waals surface area contributed by atoms with Crippen LogP contribution in [0.3, 0.4) is 0 Å². The molecule has 90 valence electrons. The fourth-order valence-corrected chi connectivity index (χ4v) is 1.50. The molecule has 0 spiro atoms. The van der Waals surface area contributed by atoms with Gasteiger partial charge < -0.3 is 14.5 Å². The average Bonchev–Trinajstić information content (AvgIpc) is 2.64. The van der Waals surface area contributed by atoms with Crippen LogP contribution in [0.1, 0.15) is 12.8 Å². The van der Waals surface area contributed by atoms with Gasteiger partial charge in [0, 0.05) is 20.0 Å². The largest absolute Gasteiger partial charge is 0.468 e. The number of hydrogen-bond donors (Lipinski definition) is 0. The van der Waals surface area contributed by atoms with Crippen molar-refractivity contribution < 1.29 is 19.1 Å². The van der Waals surface area contributed by atoms with Crippen molar-refractivity contribution in [3.05, 3.63) is 0 Å². The molecule has 0 radical (unpaired) electrons. The summed E-state index contributed by atoms with van der Waals surface area (Å²) in [5.41, 5.74) is 0. The number of rotatable bonds is 4. The van der Waals surface area contributed by atoms with Gasteiger partial charge in [0.1, 0.15) is 6.54 Å². The van der Waals surface area contributed by atoms with Crippen molar-refractivity contribution in [1.29, 1.82) is 0 Å². The first-order chi connectivity index (χ1) is 7.54. The van der Waals surface area contributed by atoms with E-state index in [1.54, 1.807) is 0 Å². The Morgan fingerprint density at radius 1 is 1.50 bits per heavy atom. The maximum atomic E-state index is 11.6. The third kappa shape index (κ3) is 3.22. The highest BCUT2D eigenvalue weighted by atomic mass is 16.5. The van der Waals surface area contributed by atoms with E-state index in [2.05, 4.69) is 4.74 Å². The van der Waals surface area contributed by atoms with E-state index >= 15 is 0 Å². The minimum Gasteiger partial charge on any atom is -0.468 e. The Bertz CT molecular complexity index is 303. The molecule has 0 aromatic carbocycles. The normalized spacial score (nSPS) is 15.1. The maximum absolute atomic E-state index is 11.6. The number of methoxy groups -OCH3 is 1. The van der Waals surface area contributed by atoms with E-state index in [1.165, 1.54) is 24.0 Å². The Labute approximate surface area is 94.1 Å². The molecule has 0 N–H and O–H groups in total. The molecule has 1 aliphatic heterocycles. The van der Waals surface area contributed by atoms with Gasteiger partial charge in [0.2, 0.25) is 11.8 Å². The van der Waals surface area contributed by atoms with Crippen molar-refractivity contribution in [1.82, 2.24) is 9.80 Å². The monoisotopic (exact) mass is 228 g/mol. The molecule has 1 saturated heterocycles. The van der Waals surface area contributed by atoms with Gasteiger partial charge in [0.15, 0.2) is 0 Å². The molecule has 6 nitrogen and oxygen atoms in total. The molecule has 1 aliphatic rings. The Morgan fingerprint density at radius 2 is 2.19 bits per heavy atom. The standard InChI is InChI=1S/C10H16N2O4/c1-11(7-10(15)16-2)9(14)6-12-5-3-4-8(12)13/h3-7H2,1-2H3. The van der Waals surface area contributed by atoms with Gasteiger partial charge in [0.25, 0.3) is 0 Å². The summed E-state index contributed by atoms with van der Waals surface area (Å²) < 4.78 is 4.45. The fraction of sp³-hybridized carbons (Fsp3) is 0.700. The van der Waals surface area contributed by atoms with E-state index in [-0.39, 0.29) is 24.9 Å². The number of esters is 1. The predicted octanol–water partition coefficient (Wildman–Crippen LogP) is -0.760. The summed E-state index contributed by atoms with van der Waals surface area (Å²) in [4.78, 5) is 36.6. The number of carbonyl (C=O) groups is 3. The number of amides is 2. The van der Waals surface area contributed by atoms with Gasteiger partial charge in [-0.25, -0.2) is 0 Å². The second-order valence-corrected chi connectivity index (χ2v) is 3.74.